The molecule has 2 aromatic rings. The van der Waals surface area contributed by atoms with Crippen molar-refractivity contribution in [3.8, 4) is 0 Å². The van der Waals surface area contributed by atoms with Gasteiger partial charge < -0.3 is 10.2 Å². The number of alkyl halides is 3. The van der Waals surface area contributed by atoms with Gasteiger partial charge in [0, 0.05) is 10.9 Å². The van der Waals surface area contributed by atoms with Gasteiger partial charge in [0.15, 0.2) is 0 Å². The fourth-order valence-corrected chi connectivity index (χ4v) is 2.64. The van der Waals surface area contributed by atoms with E-state index in [9.17, 15) is 13.2 Å². The van der Waals surface area contributed by atoms with E-state index in [0.717, 1.165) is 17.8 Å². The molecule has 0 fully saturated rings. The number of halogens is 3. The molecule has 0 amide bonds. The van der Waals surface area contributed by atoms with Crippen LogP contribution in [0.1, 0.15) is 24.5 Å². The molecule has 2 N–H and O–H groups in total. The van der Waals surface area contributed by atoms with E-state index < -0.39 is 11.7 Å². The number of nitrogens with two attached hydrogens (primary N) is 1. The van der Waals surface area contributed by atoms with Crippen molar-refractivity contribution in [1.29, 1.82) is 0 Å². The summed E-state index contributed by atoms with van der Waals surface area (Å²) in [5, 5.41) is 0.179. The lowest BCUT2D eigenvalue weighted by Crippen LogP contribution is -2.21. The lowest BCUT2D eigenvalue weighted by atomic mass is 10.0. The minimum atomic E-state index is -4.43. The summed E-state index contributed by atoms with van der Waals surface area (Å²) in [4.78, 5) is 3.90. The fourth-order valence-electron chi connectivity index (χ4n) is 1.82. The number of oxazole rings is 1. The maximum Gasteiger partial charge on any atom is 0.417 e. The molecule has 0 radical (unpaired) electrons. The predicted octanol–water partition coefficient (Wildman–Crippen LogP) is 4.12. The molecule has 0 saturated heterocycles. The van der Waals surface area contributed by atoms with Crippen molar-refractivity contribution in [2.75, 3.05) is 0 Å². The first-order chi connectivity index (χ1) is 9.90. The van der Waals surface area contributed by atoms with Gasteiger partial charge in [-0.3, -0.25) is 0 Å². The summed E-state index contributed by atoms with van der Waals surface area (Å²) in [6.07, 6.45) is -0.576. The maximum atomic E-state index is 13.2. The van der Waals surface area contributed by atoms with Crippen LogP contribution in [0.25, 0.3) is 0 Å². The second-order valence-corrected chi connectivity index (χ2v) is 5.59. The third-order valence-electron chi connectivity index (χ3n) is 2.98. The average Bonchev–Trinajstić information content (AvgIpc) is 2.92. The van der Waals surface area contributed by atoms with Gasteiger partial charge in [-0.15, -0.1) is 0 Å². The summed E-state index contributed by atoms with van der Waals surface area (Å²) in [7, 11) is 0. The van der Waals surface area contributed by atoms with Crippen LogP contribution in [0.3, 0.4) is 0 Å². The molecular formula is C14H15F3N2OS. The summed E-state index contributed by atoms with van der Waals surface area (Å²) < 4.78 is 44.5. The van der Waals surface area contributed by atoms with Crippen molar-refractivity contribution < 1.29 is 17.6 Å². The number of benzene rings is 1. The third kappa shape index (κ3) is 4.25. The quantitative estimate of drug-likeness (QED) is 0.901. The van der Waals surface area contributed by atoms with Gasteiger partial charge in [0.1, 0.15) is 6.26 Å². The Labute approximate surface area is 124 Å². The molecule has 1 aromatic carbocycles. The summed E-state index contributed by atoms with van der Waals surface area (Å²) in [5.41, 5.74) is 5.69. The molecule has 1 heterocycles. The topological polar surface area (TPSA) is 52.0 Å². The van der Waals surface area contributed by atoms with Gasteiger partial charge in [-0.25, -0.2) is 4.98 Å². The molecule has 2 rings (SSSR count). The molecule has 21 heavy (non-hydrogen) atoms. The average molecular weight is 316 g/mol. The molecule has 1 unspecified atom stereocenters. The van der Waals surface area contributed by atoms with Crippen LogP contribution in [0.5, 0.6) is 0 Å². The van der Waals surface area contributed by atoms with E-state index in [1.165, 1.54) is 18.5 Å². The maximum absolute atomic E-state index is 13.2. The van der Waals surface area contributed by atoms with Crippen LogP contribution in [0.4, 0.5) is 13.2 Å². The van der Waals surface area contributed by atoms with E-state index in [2.05, 4.69) is 4.98 Å². The first kappa shape index (κ1) is 15.9. The second kappa shape index (κ2) is 6.53. The predicted molar refractivity (Wildman–Crippen MR) is 74.0 cm³/mol. The Bertz CT molecular complexity index is 584. The lowest BCUT2D eigenvalue weighted by Gasteiger charge is -2.15. The van der Waals surface area contributed by atoms with Crippen LogP contribution in [0.15, 0.2) is 45.2 Å². The summed E-state index contributed by atoms with van der Waals surface area (Å²) >= 11 is 0.852. The summed E-state index contributed by atoms with van der Waals surface area (Å²) in [5.74, 6) is 0. The van der Waals surface area contributed by atoms with Crippen molar-refractivity contribution in [2.45, 2.75) is 42.1 Å². The highest BCUT2D eigenvalue weighted by atomic mass is 32.2. The van der Waals surface area contributed by atoms with E-state index in [1.807, 2.05) is 6.92 Å². The van der Waals surface area contributed by atoms with Gasteiger partial charge in [-0.05, 0) is 42.3 Å². The highest BCUT2D eigenvalue weighted by molar-refractivity contribution is 7.99. The molecule has 1 atom stereocenters. The van der Waals surface area contributed by atoms with Crippen molar-refractivity contribution in [3.05, 3.63) is 41.8 Å². The third-order valence-corrected chi connectivity index (χ3v) is 3.93. The molecule has 0 aliphatic carbocycles. The van der Waals surface area contributed by atoms with Crippen molar-refractivity contribution >= 4 is 11.8 Å². The minimum absolute atomic E-state index is 0.0683. The number of rotatable bonds is 5. The van der Waals surface area contributed by atoms with Gasteiger partial charge in [-0.2, -0.15) is 13.2 Å². The molecule has 1 aromatic heterocycles. The number of hydrogen-bond acceptors (Lipinski definition) is 4. The van der Waals surface area contributed by atoms with Gasteiger partial charge in [0.05, 0.1) is 11.8 Å². The Morgan fingerprint density at radius 2 is 2.14 bits per heavy atom. The highest BCUT2D eigenvalue weighted by Crippen LogP contribution is 2.39. The standard InChI is InChI=1S/C14H15F3N2OS/c1-2-10(18)7-9-3-4-12(11(8-9)14(15,16)17)21-13-19-5-6-20-13/h3-6,8,10H,2,7,18H2,1H3. The Kier molecular flexibility index (Phi) is 4.95. The molecule has 0 saturated carbocycles. The Balaban J connectivity index is 2.32. The van der Waals surface area contributed by atoms with Gasteiger partial charge in [0.2, 0.25) is 0 Å². The molecule has 0 aliphatic rings. The van der Waals surface area contributed by atoms with Crippen LogP contribution in [0, 0.1) is 0 Å². The van der Waals surface area contributed by atoms with Gasteiger partial charge in [0.25, 0.3) is 5.22 Å². The zero-order chi connectivity index (χ0) is 15.5. The smallest absolute Gasteiger partial charge is 0.417 e. The first-order valence-electron chi connectivity index (χ1n) is 6.43. The van der Waals surface area contributed by atoms with Crippen LogP contribution in [0.2, 0.25) is 0 Å². The van der Waals surface area contributed by atoms with Crippen molar-refractivity contribution in [3.63, 3.8) is 0 Å². The largest absolute Gasteiger partial charge is 0.440 e. The molecule has 0 spiro atoms. The molecule has 7 heteroatoms. The Morgan fingerprint density at radius 3 is 2.71 bits per heavy atom. The van der Waals surface area contributed by atoms with Crippen LogP contribution in [-0.4, -0.2) is 11.0 Å². The number of aromatic nitrogens is 1. The molecular weight excluding hydrogens is 301 g/mol. The lowest BCUT2D eigenvalue weighted by molar-refractivity contribution is -0.139. The van der Waals surface area contributed by atoms with E-state index in [-0.39, 0.29) is 16.2 Å². The van der Waals surface area contributed by atoms with Gasteiger partial charge >= 0.3 is 6.18 Å². The molecule has 114 valence electrons. The number of nitrogens with zero attached hydrogens (tertiary/aromatic N) is 1. The molecule has 0 bridgehead atoms. The fraction of sp³-hybridized carbons (Fsp3) is 0.357. The van der Waals surface area contributed by atoms with Gasteiger partial charge in [-0.1, -0.05) is 13.0 Å². The highest BCUT2D eigenvalue weighted by Gasteiger charge is 2.34. The van der Waals surface area contributed by atoms with E-state index in [4.69, 9.17) is 10.2 Å². The summed E-state index contributed by atoms with van der Waals surface area (Å²) in [6, 6.07) is 4.11. The van der Waals surface area contributed by atoms with E-state index in [1.54, 1.807) is 6.07 Å². The molecule has 3 nitrogen and oxygen atoms in total. The zero-order valence-corrected chi connectivity index (χ0v) is 12.2. The Morgan fingerprint density at radius 1 is 1.38 bits per heavy atom. The number of hydrogen-bond donors (Lipinski definition) is 1. The molecule has 0 aliphatic heterocycles. The van der Waals surface area contributed by atoms with E-state index >= 15 is 0 Å². The second-order valence-electron chi connectivity index (χ2n) is 4.60. The van der Waals surface area contributed by atoms with Crippen LogP contribution >= 0.6 is 11.8 Å². The zero-order valence-electron chi connectivity index (χ0n) is 11.4. The van der Waals surface area contributed by atoms with Crippen LogP contribution < -0.4 is 5.73 Å². The van der Waals surface area contributed by atoms with Crippen molar-refractivity contribution in [2.24, 2.45) is 5.73 Å². The van der Waals surface area contributed by atoms with E-state index in [0.29, 0.717) is 18.4 Å². The monoisotopic (exact) mass is 316 g/mol. The van der Waals surface area contributed by atoms with Crippen molar-refractivity contribution in [1.82, 2.24) is 4.98 Å². The normalized spacial score (nSPS) is 13.4. The minimum Gasteiger partial charge on any atom is -0.440 e. The SMILES string of the molecule is CCC(N)Cc1ccc(Sc2ncco2)c(C(F)(F)F)c1. The Hall–Kier alpha value is -1.47. The first-order valence-corrected chi connectivity index (χ1v) is 7.25. The summed E-state index contributed by atoms with van der Waals surface area (Å²) in [6.45, 7) is 1.90. The van der Waals surface area contributed by atoms with Crippen LogP contribution in [-0.2, 0) is 12.6 Å².